The standard InChI is InChI=1S/C18H35NO4Si/c1-9-10-14(12-23-24(7,8)17(2,3)4)11-15-13-22-18(5,6)19(15)16(20)21/h9,14-15H,1,10-13H2,2-8H3,(H,20,21). The smallest absolute Gasteiger partial charge is 0.409 e. The molecule has 1 amide bonds. The van der Waals surface area contributed by atoms with E-state index in [9.17, 15) is 9.90 Å². The summed E-state index contributed by atoms with van der Waals surface area (Å²) in [5.74, 6) is 0.251. The second-order valence-electron chi connectivity index (χ2n) is 8.76. The van der Waals surface area contributed by atoms with E-state index in [0.717, 1.165) is 12.8 Å². The lowest BCUT2D eigenvalue weighted by molar-refractivity contribution is -0.0426. The fourth-order valence-electron chi connectivity index (χ4n) is 2.84. The van der Waals surface area contributed by atoms with Crippen molar-refractivity contribution in [2.45, 2.75) is 77.4 Å². The average Bonchev–Trinajstić information content (AvgIpc) is 2.70. The molecule has 1 N–H and O–H groups in total. The van der Waals surface area contributed by atoms with Crippen molar-refractivity contribution in [3.05, 3.63) is 12.7 Å². The van der Waals surface area contributed by atoms with Crippen LogP contribution in [0.5, 0.6) is 0 Å². The molecule has 0 spiro atoms. The van der Waals surface area contributed by atoms with Crippen molar-refractivity contribution in [1.29, 1.82) is 0 Å². The number of carbonyl (C=O) groups is 1. The van der Waals surface area contributed by atoms with E-state index >= 15 is 0 Å². The molecule has 2 atom stereocenters. The summed E-state index contributed by atoms with van der Waals surface area (Å²) < 4.78 is 12.0. The summed E-state index contributed by atoms with van der Waals surface area (Å²) in [5, 5.41) is 9.69. The van der Waals surface area contributed by atoms with E-state index in [2.05, 4.69) is 40.4 Å². The molecule has 0 radical (unpaired) electrons. The molecule has 2 unspecified atom stereocenters. The molecule has 0 aliphatic carbocycles. The van der Waals surface area contributed by atoms with Crippen LogP contribution in [0.3, 0.4) is 0 Å². The van der Waals surface area contributed by atoms with Crippen molar-refractivity contribution < 1.29 is 19.1 Å². The lowest BCUT2D eigenvalue weighted by Crippen LogP contribution is -2.48. The lowest BCUT2D eigenvalue weighted by Gasteiger charge is -2.38. The normalized spacial score (nSPS) is 22.5. The topological polar surface area (TPSA) is 59.0 Å². The molecule has 1 aliphatic rings. The minimum Gasteiger partial charge on any atom is -0.465 e. The fourth-order valence-corrected chi connectivity index (χ4v) is 3.92. The second-order valence-corrected chi connectivity index (χ2v) is 13.6. The second kappa shape index (κ2) is 7.58. The maximum absolute atomic E-state index is 11.6. The van der Waals surface area contributed by atoms with E-state index in [0.29, 0.717) is 13.2 Å². The maximum Gasteiger partial charge on any atom is 0.409 e. The molecule has 1 rings (SSSR count). The summed E-state index contributed by atoms with van der Waals surface area (Å²) in [4.78, 5) is 13.1. The molecule has 6 heteroatoms. The SMILES string of the molecule is C=CCC(CO[Si](C)(C)C(C)(C)C)CC1COC(C)(C)N1C(=O)O. The number of amides is 1. The molecule has 0 saturated carbocycles. The van der Waals surface area contributed by atoms with Gasteiger partial charge in [-0.05, 0) is 50.7 Å². The summed E-state index contributed by atoms with van der Waals surface area (Å²) in [6, 6.07) is -0.134. The quantitative estimate of drug-likeness (QED) is 0.530. The summed E-state index contributed by atoms with van der Waals surface area (Å²) in [6.07, 6.45) is 2.52. The molecule has 0 aromatic heterocycles. The van der Waals surface area contributed by atoms with Gasteiger partial charge in [0.1, 0.15) is 5.72 Å². The number of ether oxygens (including phenoxy) is 1. The van der Waals surface area contributed by atoms with Crippen molar-refractivity contribution in [2.75, 3.05) is 13.2 Å². The third kappa shape index (κ3) is 5.07. The molecular formula is C18H35NO4Si. The minimum absolute atomic E-state index is 0.134. The molecule has 1 heterocycles. The molecule has 0 aromatic carbocycles. The number of rotatable bonds is 7. The first kappa shape index (κ1) is 21.2. The Morgan fingerprint density at radius 2 is 2.08 bits per heavy atom. The van der Waals surface area contributed by atoms with Crippen LogP contribution >= 0.6 is 0 Å². The van der Waals surface area contributed by atoms with Gasteiger partial charge < -0.3 is 14.3 Å². The van der Waals surface area contributed by atoms with E-state index in [4.69, 9.17) is 9.16 Å². The van der Waals surface area contributed by atoms with Crippen molar-refractivity contribution in [2.24, 2.45) is 5.92 Å². The van der Waals surface area contributed by atoms with Crippen LogP contribution in [0.15, 0.2) is 12.7 Å². The van der Waals surface area contributed by atoms with Gasteiger partial charge in [-0.1, -0.05) is 26.8 Å². The number of hydrogen-bond donors (Lipinski definition) is 1. The van der Waals surface area contributed by atoms with E-state index in [-0.39, 0.29) is 17.0 Å². The number of nitrogens with zero attached hydrogens (tertiary/aromatic N) is 1. The summed E-state index contributed by atoms with van der Waals surface area (Å²) in [6.45, 7) is 19.7. The Hall–Kier alpha value is -0.853. The summed E-state index contributed by atoms with van der Waals surface area (Å²) in [7, 11) is -1.82. The zero-order valence-corrected chi connectivity index (χ0v) is 17.4. The van der Waals surface area contributed by atoms with Gasteiger partial charge >= 0.3 is 6.09 Å². The Morgan fingerprint density at radius 3 is 2.54 bits per heavy atom. The third-order valence-corrected chi connectivity index (χ3v) is 9.87. The Balaban J connectivity index is 2.76. The van der Waals surface area contributed by atoms with Crippen molar-refractivity contribution >= 4 is 14.4 Å². The van der Waals surface area contributed by atoms with Gasteiger partial charge in [0.15, 0.2) is 8.32 Å². The van der Waals surface area contributed by atoms with Crippen LogP contribution in [0.4, 0.5) is 4.79 Å². The van der Waals surface area contributed by atoms with Crippen LogP contribution in [-0.2, 0) is 9.16 Å². The zero-order valence-electron chi connectivity index (χ0n) is 16.4. The molecule has 1 fully saturated rings. The third-order valence-electron chi connectivity index (χ3n) is 5.37. The predicted octanol–water partition coefficient (Wildman–Crippen LogP) is 4.71. The number of hydrogen-bond acceptors (Lipinski definition) is 3. The Bertz CT molecular complexity index is 456. The fraction of sp³-hybridized carbons (Fsp3) is 0.833. The Morgan fingerprint density at radius 1 is 1.50 bits per heavy atom. The van der Waals surface area contributed by atoms with E-state index < -0.39 is 20.1 Å². The van der Waals surface area contributed by atoms with Crippen molar-refractivity contribution in [3.8, 4) is 0 Å². The van der Waals surface area contributed by atoms with Gasteiger partial charge in [-0.25, -0.2) is 4.79 Å². The van der Waals surface area contributed by atoms with Crippen molar-refractivity contribution in [1.82, 2.24) is 4.90 Å². The first-order valence-corrected chi connectivity index (χ1v) is 11.6. The number of carboxylic acid groups (broad SMARTS) is 1. The monoisotopic (exact) mass is 357 g/mol. The average molecular weight is 358 g/mol. The Kier molecular flexibility index (Phi) is 6.69. The molecule has 24 heavy (non-hydrogen) atoms. The molecule has 1 saturated heterocycles. The largest absolute Gasteiger partial charge is 0.465 e. The maximum atomic E-state index is 11.6. The van der Waals surface area contributed by atoms with Gasteiger partial charge in [0.2, 0.25) is 0 Å². The highest BCUT2D eigenvalue weighted by Gasteiger charge is 2.45. The van der Waals surface area contributed by atoms with Crippen LogP contribution in [0.2, 0.25) is 18.1 Å². The highest BCUT2D eigenvalue weighted by Crippen LogP contribution is 2.37. The summed E-state index contributed by atoms with van der Waals surface area (Å²) in [5.41, 5.74) is -0.768. The first-order chi connectivity index (χ1) is 10.8. The van der Waals surface area contributed by atoms with Crippen LogP contribution in [0, 0.1) is 5.92 Å². The van der Waals surface area contributed by atoms with E-state index in [1.54, 1.807) is 13.8 Å². The van der Waals surface area contributed by atoms with E-state index in [1.807, 2.05) is 6.08 Å². The molecule has 0 aromatic rings. The molecular weight excluding hydrogens is 322 g/mol. The summed E-state index contributed by atoms with van der Waals surface area (Å²) >= 11 is 0. The highest BCUT2D eigenvalue weighted by atomic mass is 28.4. The van der Waals surface area contributed by atoms with Crippen LogP contribution in [-0.4, -0.2) is 49.4 Å². The van der Waals surface area contributed by atoms with Gasteiger partial charge in [0.05, 0.1) is 12.6 Å². The van der Waals surface area contributed by atoms with Gasteiger partial charge in [-0.3, -0.25) is 4.90 Å². The van der Waals surface area contributed by atoms with E-state index in [1.165, 1.54) is 4.90 Å². The van der Waals surface area contributed by atoms with Crippen LogP contribution in [0.1, 0.15) is 47.5 Å². The molecule has 1 aliphatic heterocycles. The molecule has 0 bridgehead atoms. The number of allylic oxidation sites excluding steroid dienone is 1. The van der Waals surface area contributed by atoms with Crippen LogP contribution < -0.4 is 0 Å². The van der Waals surface area contributed by atoms with Gasteiger partial charge in [0, 0.05) is 6.61 Å². The minimum atomic E-state index is -1.82. The van der Waals surface area contributed by atoms with Gasteiger partial charge in [-0.2, -0.15) is 0 Å². The molecule has 5 nitrogen and oxygen atoms in total. The Labute approximate surface area is 148 Å². The molecule has 140 valence electrons. The van der Waals surface area contributed by atoms with Crippen molar-refractivity contribution in [3.63, 3.8) is 0 Å². The lowest BCUT2D eigenvalue weighted by atomic mass is 9.97. The van der Waals surface area contributed by atoms with Gasteiger partial charge in [-0.15, -0.1) is 6.58 Å². The van der Waals surface area contributed by atoms with Crippen LogP contribution in [0.25, 0.3) is 0 Å². The highest BCUT2D eigenvalue weighted by molar-refractivity contribution is 6.74. The zero-order chi connectivity index (χ0) is 18.8. The predicted molar refractivity (Wildman–Crippen MR) is 99.8 cm³/mol. The van der Waals surface area contributed by atoms with Gasteiger partial charge in [0.25, 0.3) is 0 Å². The first-order valence-electron chi connectivity index (χ1n) is 8.73.